The summed E-state index contributed by atoms with van der Waals surface area (Å²) in [5.41, 5.74) is 20.2. The molecule has 156 valence electrons. The molecule has 1 aliphatic carbocycles. The number of benzene rings is 2. The zero-order valence-corrected chi connectivity index (χ0v) is 18.3. The summed E-state index contributed by atoms with van der Waals surface area (Å²) in [6.45, 7) is 11.1. The number of nitrogens with two attached hydrogens (primary N) is 2. The highest BCUT2D eigenvalue weighted by Crippen LogP contribution is 2.32. The molecule has 0 atom stereocenters. The van der Waals surface area contributed by atoms with E-state index in [1.807, 2.05) is 45.9 Å². The Morgan fingerprint density at radius 2 is 1.37 bits per heavy atom. The molecule has 0 amide bonds. The van der Waals surface area contributed by atoms with E-state index in [1.54, 1.807) is 19.9 Å². The summed E-state index contributed by atoms with van der Waals surface area (Å²) in [6, 6.07) is 7.27. The van der Waals surface area contributed by atoms with Crippen LogP contribution in [0.1, 0.15) is 36.1 Å². The van der Waals surface area contributed by atoms with Gasteiger partial charge in [-0.1, -0.05) is 0 Å². The van der Waals surface area contributed by atoms with Gasteiger partial charge in [0.25, 0.3) is 0 Å². The summed E-state index contributed by atoms with van der Waals surface area (Å²) in [5.74, 6) is -0.370. The van der Waals surface area contributed by atoms with Crippen molar-refractivity contribution < 1.29 is 9.90 Å². The zero-order valence-electron chi connectivity index (χ0n) is 18.3. The number of carbonyl (C=O) groups is 1. The first-order valence-corrected chi connectivity index (χ1v) is 9.77. The molecule has 2 aromatic carbocycles. The smallest absolute Gasteiger partial charge is 0.209 e. The predicted molar refractivity (Wildman–Crippen MR) is 124 cm³/mol. The van der Waals surface area contributed by atoms with Gasteiger partial charge in [-0.25, -0.2) is 4.99 Å². The molecule has 30 heavy (non-hydrogen) atoms. The Bertz CT molecular complexity index is 1170. The molecule has 0 aliphatic heterocycles. The van der Waals surface area contributed by atoms with Crippen LogP contribution in [0.4, 0.5) is 22.7 Å². The topological polar surface area (TPSA) is 114 Å². The van der Waals surface area contributed by atoms with E-state index >= 15 is 0 Å². The summed E-state index contributed by atoms with van der Waals surface area (Å²) < 4.78 is 0. The highest BCUT2D eigenvalue weighted by atomic mass is 16.3. The van der Waals surface area contributed by atoms with Crippen molar-refractivity contribution >= 4 is 34.2 Å². The van der Waals surface area contributed by atoms with Gasteiger partial charge in [0.1, 0.15) is 11.5 Å². The van der Waals surface area contributed by atoms with E-state index in [0.29, 0.717) is 34.0 Å². The quantitative estimate of drug-likeness (QED) is 0.426. The summed E-state index contributed by atoms with van der Waals surface area (Å²) >= 11 is 0. The SMILES string of the molecule is CC1=C(O)/C(=N/c2ccc(N)c(C)c2C)C(C)=C(Nc2ccc(N)c(C)c2C)C1=O. The van der Waals surface area contributed by atoms with Gasteiger partial charge in [-0.05, 0) is 88.1 Å². The molecule has 0 saturated carbocycles. The van der Waals surface area contributed by atoms with Gasteiger partial charge in [0, 0.05) is 28.2 Å². The van der Waals surface area contributed by atoms with Crippen LogP contribution in [0.25, 0.3) is 0 Å². The number of nitrogens with one attached hydrogen (secondary N) is 1. The van der Waals surface area contributed by atoms with Crippen molar-refractivity contribution in [1.82, 2.24) is 0 Å². The van der Waals surface area contributed by atoms with Crippen molar-refractivity contribution in [3.8, 4) is 0 Å². The number of aliphatic hydroxyl groups excluding tert-OH is 1. The lowest BCUT2D eigenvalue weighted by molar-refractivity contribution is -0.112. The first-order chi connectivity index (χ1) is 14.0. The largest absolute Gasteiger partial charge is 0.505 e. The van der Waals surface area contributed by atoms with E-state index in [4.69, 9.17) is 16.5 Å². The molecule has 6 N–H and O–H groups in total. The first kappa shape index (κ1) is 21.2. The number of aliphatic hydroxyl groups is 1. The van der Waals surface area contributed by atoms with Gasteiger partial charge in [0.05, 0.1) is 11.4 Å². The number of rotatable bonds is 3. The maximum atomic E-state index is 12.9. The van der Waals surface area contributed by atoms with Gasteiger partial charge in [0.15, 0.2) is 0 Å². The lowest BCUT2D eigenvalue weighted by Gasteiger charge is -2.23. The van der Waals surface area contributed by atoms with Crippen molar-refractivity contribution in [1.29, 1.82) is 0 Å². The Morgan fingerprint density at radius 1 is 0.800 bits per heavy atom. The van der Waals surface area contributed by atoms with Gasteiger partial charge in [-0.3, -0.25) is 4.79 Å². The second-order valence-electron chi connectivity index (χ2n) is 7.76. The Hall–Kier alpha value is -3.54. The minimum atomic E-state index is -0.261. The molecule has 1 aliphatic rings. The summed E-state index contributed by atoms with van der Waals surface area (Å²) in [7, 11) is 0. The highest BCUT2D eigenvalue weighted by Gasteiger charge is 2.29. The summed E-state index contributed by atoms with van der Waals surface area (Å²) in [5, 5.41) is 13.9. The lowest BCUT2D eigenvalue weighted by atomic mass is 9.92. The number of allylic oxidation sites excluding steroid dienone is 2. The van der Waals surface area contributed by atoms with Crippen LogP contribution in [-0.2, 0) is 4.79 Å². The standard InChI is InChI=1S/C24H28N4O2/c1-11-13(3)19(9-7-17(11)25)27-21-15(5)22(24(30)16(6)23(21)29)28-20-10-8-18(26)12(2)14(20)4/h7-10,27,30H,25-26H2,1-6H3/b28-22+. The van der Waals surface area contributed by atoms with Crippen molar-refractivity contribution in [2.45, 2.75) is 41.5 Å². The van der Waals surface area contributed by atoms with E-state index in [-0.39, 0.29) is 17.1 Å². The average molecular weight is 405 g/mol. The van der Waals surface area contributed by atoms with Crippen LogP contribution >= 0.6 is 0 Å². The third-order valence-corrected chi connectivity index (χ3v) is 6.00. The second-order valence-corrected chi connectivity index (χ2v) is 7.76. The number of carbonyl (C=O) groups excluding carboxylic acids is 1. The monoisotopic (exact) mass is 404 g/mol. The van der Waals surface area contributed by atoms with Gasteiger partial charge >= 0.3 is 0 Å². The fourth-order valence-corrected chi connectivity index (χ4v) is 3.41. The Kier molecular flexibility index (Phi) is 5.44. The van der Waals surface area contributed by atoms with Crippen molar-refractivity contribution in [2.75, 3.05) is 16.8 Å². The van der Waals surface area contributed by atoms with Crippen LogP contribution in [0.5, 0.6) is 0 Å². The van der Waals surface area contributed by atoms with E-state index in [0.717, 1.165) is 27.9 Å². The predicted octanol–water partition coefficient (Wildman–Crippen LogP) is 4.96. The van der Waals surface area contributed by atoms with Crippen LogP contribution in [0.15, 0.2) is 51.9 Å². The molecule has 0 radical (unpaired) electrons. The number of Topliss-reactive ketones (excluding diaryl/α,β-unsaturated/α-hetero) is 1. The molecule has 0 heterocycles. The molecule has 0 aromatic heterocycles. The molecule has 0 bridgehead atoms. The van der Waals surface area contributed by atoms with Crippen LogP contribution in [0.2, 0.25) is 0 Å². The average Bonchev–Trinajstić information content (AvgIpc) is 2.72. The molecule has 0 fully saturated rings. The Balaban J connectivity index is 2.15. The molecular formula is C24H28N4O2. The van der Waals surface area contributed by atoms with Crippen LogP contribution in [-0.4, -0.2) is 16.6 Å². The van der Waals surface area contributed by atoms with E-state index < -0.39 is 0 Å². The summed E-state index contributed by atoms with van der Waals surface area (Å²) in [6.07, 6.45) is 0. The van der Waals surface area contributed by atoms with Gasteiger partial charge in [0.2, 0.25) is 5.78 Å². The van der Waals surface area contributed by atoms with Gasteiger partial charge in [-0.2, -0.15) is 0 Å². The third-order valence-electron chi connectivity index (χ3n) is 6.00. The maximum Gasteiger partial charge on any atom is 0.209 e. The number of hydrogen-bond acceptors (Lipinski definition) is 6. The van der Waals surface area contributed by atoms with Crippen LogP contribution in [0.3, 0.4) is 0 Å². The first-order valence-electron chi connectivity index (χ1n) is 9.77. The Labute approximate surface area is 177 Å². The third kappa shape index (κ3) is 3.45. The minimum absolute atomic E-state index is 0.109. The summed E-state index contributed by atoms with van der Waals surface area (Å²) in [4.78, 5) is 17.6. The van der Waals surface area contributed by atoms with Crippen molar-refractivity contribution in [2.24, 2.45) is 4.99 Å². The Morgan fingerprint density at radius 3 is 2.00 bits per heavy atom. The number of aliphatic imine (C=N–C) groups is 1. The van der Waals surface area contributed by atoms with E-state index in [1.165, 1.54) is 0 Å². The van der Waals surface area contributed by atoms with Crippen LogP contribution < -0.4 is 16.8 Å². The minimum Gasteiger partial charge on any atom is -0.505 e. The second kappa shape index (κ2) is 7.71. The maximum absolute atomic E-state index is 12.9. The lowest BCUT2D eigenvalue weighted by Crippen LogP contribution is -2.26. The number of hydrogen-bond donors (Lipinski definition) is 4. The molecular weight excluding hydrogens is 376 g/mol. The number of ketones is 1. The van der Waals surface area contributed by atoms with Crippen molar-refractivity contribution in [3.05, 3.63) is 69.1 Å². The van der Waals surface area contributed by atoms with Crippen molar-refractivity contribution in [3.63, 3.8) is 0 Å². The fourth-order valence-electron chi connectivity index (χ4n) is 3.41. The normalized spacial score (nSPS) is 15.9. The number of nitrogen functional groups attached to an aromatic ring is 2. The molecule has 6 nitrogen and oxygen atoms in total. The molecule has 3 rings (SSSR count). The molecule has 6 heteroatoms. The number of anilines is 3. The van der Waals surface area contributed by atoms with Gasteiger partial charge < -0.3 is 21.9 Å². The molecule has 0 spiro atoms. The van der Waals surface area contributed by atoms with E-state index in [2.05, 4.69) is 5.32 Å². The zero-order chi connectivity index (χ0) is 22.3. The number of nitrogens with zero attached hydrogens (tertiary/aromatic N) is 1. The molecule has 0 saturated heterocycles. The molecule has 0 unspecified atom stereocenters. The van der Waals surface area contributed by atoms with Gasteiger partial charge in [-0.15, -0.1) is 0 Å². The van der Waals surface area contributed by atoms with Crippen LogP contribution in [0, 0.1) is 27.7 Å². The highest BCUT2D eigenvalue weighted by molar-refractivity contribution is 6.27. The fraction of sp³-hybridized carbons (Fsp3) is 0.250. The molecule has 2 aromatic rings. The van der Waals surface area contributed by atoms with E-state index in [9.17, 15) is 9.90 Å².